The van der Waals surface area contributed by atoms with E-state index in [1.54, 1.807) is 12.3 Å². The van der Waals surface area contributed by atoms with Gasteiger partial charge in [0.2, 0.25) is 5.95 Å². The Morgan fingerprint density at radius 2 is 2.11 bits per heavy atom. The SMILES string of the molecule is CC(C)c1cccc(Nc2nccc(C#N)n2)c1. The number of nitriles is 1. The van der Waals surface area contributed by atoms with Gasteiger partial charge < -0.3 is 5.32 Å². The van der Waals surface area contributed by atoms with Gasteiger partial charge in [-0.15, -0.1) is 0 Å². The molecule has 0 aliphatic rings. The second-order valence-electron chi connectivity index (χ2n) is 4.28. The summed E-state index contributed by atoms with van der Waals surface area (Å²) in [6, 6.07) is 11.7. The Kier molecular flexibility index (Phi) is 3.54. The number of anilines is 2. The first kappa shape index (κ1) is 12.1. The summed E-state index contributed by atoms with van der Waals surface area (Å²) in [4.78, 5) is 8.16. The zero-order valence-electron chi connectivity index (χ0n) is 10.4. The van der Waals surface area contributed by atoms with Gasteiger partial charge >= 0.3 is 0 Å². The predicted molar refractivity (Wildman–Crippen MR) is 70.6 cm³/mol. The molecule has 0 aliphatic carbocycles. The largest absolute Gasteiger partial charge is 0.324 e. The van der Waals surface area contributed by atoms with Crippen molar-refractivity contribution in [1.29, 1.82) is 5.26 Å². The summed E-state index contributed by atoms with van der Waals surface area (Å²) in [6.07, 6.45) is 1.57. The van der Waals surface area contributed by atoms with Gasteiger partial charge in [0.25, 0.3) is 0 Å². The number of nitrogens with one attached hydrogen (secondary N) is 1. The van der Waals surface area contributed by atoms with Crippen LogP contribution in [0.4, 0.5) is 11.6 Å². The third-order valence-electron chi connectivity index (χ3n) is 2.58. The minimum Gasteiger partial charge on any atom is -0.324 e. The van der Waals surface area contributed by atoms with E-state index >= 15 is 0 Å². The van der Waals surface area contributed by atoms with Crippen LogP contribution >= 0.6 is 0 Å². The average Bonchev–Trinajstić information content (AvgIpc) is 2.39. The monoisotopic (exact) mass is 238 g/mol. The van der Waals surface area contributed by atoms with E-state index < -0.39 is 0 Å². The van der Waals surface area contributed by atoms with Crippen molar-refractivity contribution in [3.63, 3.8) is 0 Å². The Balaban J connectivity index is 2.23. The molecule has 0 unspecified atom stereocenters. The molecule has 2 rings (SSSR count). The Bertz CT molecular complexity index is 584. The normalized spacial score (nSPS) is 10.1. The van der Waals surface area contributed by atoms with E-state index in [1.807, 2.05) is 18.2 Å². The molecule has 4 nitrogen and oxygen atoms in total. The molecule has 90 valence electrons. The molecular formula is C14H14N4. The first-order chi connectivity index (χ1) is 8.69. The van der Waals surface area contributed by atoms with Crippen molar-refractivity contribution in [2.45, 2.75) is 19.8 Å². The summed E-state index contributed by atoms with van der Waals surface area (Å²) in [5, 5.41) is 11.9. The van der Waals surface area contributed by atoms with E-state index in [9.17, 15) is 0 Å². The van der Waals surface area contributed by atoms with Crippen molar-refractivity contribution < 1.29 is 0 Å². The van der Waals surface area contributed by atoms with E-state index in [2.05, 4.69) is 41.3 Å². The number of hydrogen-bond donors (Lipinski definition) is 1. The summed E-state index contributed by atoms with van der Waals surface area (Å²) in [6.45, 7) is 4.29. The molecule has 0 saturated heterocycles. The number of aromatic nitrogens is 2. The number of benzene rings is 1. The lowest BCUT2D eigenvalue weighted by Gasteiger charge is -2.09. The van der Waals surface area contributed by atoms with E-state index in [4.69, 9.17) is 5.26 Å². The standard InChI is InChI=1S/C14H14N4/c1-10(2)11-4-3-5-12(8-11)17-14-16-7-6-13(9-15)18-14/h3-8,10H,1-2H3,(H,16,17,18). The molecular weight excluding hydrogens is 224 g/mol. The first-order valence-corrected chi connectivity index (χ1v) is 5.79. The van der Waals surface area contributed by atoms with E-state index in [0.717, 1.165) is 5.69 Å². The van der Waals surface area contributed by atoms with Crippen molar-refractivity contribution in [1.82, 2.24) is 9.97 Å². The third kappa shape index (κ3) is 2.83. The van der Waals surface area contributed by atoms with Gasteiger partial charge in [-0.2, -0.15) is 5.26 Å². The van der Waals surface area contributed by atoms with Crippen LogP contribution in [0, 0.1) is 11.3 Å². The lowest BCUT2D eigenvalue weighted by molar-refractivity contribution is 0.867. The van der Waals surface area contributed by atoms with Gasteiger partial charge in [-0.1, -0.05) is 26.0 Å². The molecule has 0 aliphatic heterocycles. The van der Waals surface area contributed by atoms with Gasteiger partial charge in [-0.3, -0.25) is 0 Å². The number of rotatable bonds is 3. The second-order valence-corrected chi connectivity index (χ2v) is 4.28. The molecule has 4 heteroatoms. The molecule has 1 N–H and O–H groups in total. The van der Waals surface area contributed by atoms with Crippen molar-refractivity contribution in [3.05, 3.63) is 47.8 Å². The molecule has 1 aromatic carbocycles. The highest BCUT2D eigenvalue weighted by Crippen LogP contribution is 2.20. The minimum atomic E-state index is 0.354. The van der Waals surface area contributed by atoms with Crippen molar-refractivity contribution in [2.24, 2.45) is 0 Å². The fourth-order valence-electron chi connectivity index (χ4n) is 1.59. The Morgan fingerprint density at radius 3 is 2.83 bits per heavy atom. The highest BCUT2D eigenvalue weighted by atomic mass is 15.1. The highest BCUT2D eigenvalue weighted by molar-refractivity contribution is 5.55. The molecule has 0 atom stereocenters. The molecule has 0 radical (unpaired) electrons. The van der Waals surface area contributed by atoms with Crippen LogP contribution in [-0.2, 0) is 0 Å². The predicted octanol–water partition coefficient (Wildman–Crippen LogP) is 3.22. The van der Waals surface area contributed by atoms with Crippen LogP contribution in [0.1, 0.15) is 31.0 Å². The third-order valence-corrected chi connectivity index (χ3v) is 2.58. The molecule has 0 spiro atoms. The van der Waals surface area contributed by atoms with Crippen molar-refractivity contribution in [2.75, 3.05) is 5.32 Å². The fourth-order valence-corrected chi connectivity index (χ4v) is 1.59. The molecule has 18 heavy (non-hydrogen) atoms. The summed E-state index contributed by atoms with van der Waals surface area (Å²) in [5.74, 6) is 0.910. The fraction of sp³-hybridized carbons (Fsp3) is 0.214. The van der Waals surface area contributed by atoms with Crippen molar-refractivity contribution in [3.8, 4) is 6.07 Å². The second kappa shape index (κ2) is 5.28. The maximum absolute atomic E-state index is 8.78. The van der Waals surface area contributed by atoms with Crippen LogP contribution in [0.15, 0.2) is 36.5 Å². The quantitative estimate of drug-likeness (QED) is 0.891. The van der Waals surface area contributed by atoms with Crippen LogP contribution in [0.25, 0.3) is 0 Å². The molecule has 0 bridgehead atoms. The maximum atomic E-state index is 8.78. The maximum Gasteiger partial charge on any atom is 0.228 e. The lowest BCUT2D eigenvalue weighted by atomic mass is 10.0. The molecule has 2 aromatic rings. The van der Waals surface area contributed by atoms with Crippen LogP contribution in [0.2, 0.25) is 0 Å². The minimum absolute atomic E-state index is 0.354. The van der Waals surface area contributed by atoms with Crippen LogP contribution in [0.3, 0.4) is 0 Å². The Labute approximate surface area is 106 Å². The summed E-state index contributed by atoms with van der Waals surface area (Å²) >= 11 is 0. The summed E-state index contributed by atoms with van der Waals surface area (Å²) in [7, 11) is 0. The van der Waals surface area contributed by atoms with Crippen molar-refractivity contribution >= 4 is 11.6 Å². The zero-order chi connectivity index (χ0) is 13.0. The smallest absolute Gasteiger partial charge is 0.228 e. The lowest BCUT2D eigenvalue weighted by Crippen LogP contribution is -1.99. The summed E-state index contributed by atoms with van der Waals surface area (Å²) < 4.78 is 0. The van der Waals surface area contributed by atoms with Gasteiger partial charge in [0.05, 0.1) is 0 Å². The molecule has 0 fully saturated rings. The van der Waals surface area contributed by atoms with Gasteiger partial charge in [0.1, 0.15) is 11.8 Å². The number of nitrogens with zero attached hydrogens (tertiary/aromatic N) is 3. The van der Waals surface area contributed by atoms with Gasteiger partial charge in [0.15, 0.2) is 0 Å². The van der Waals surface area contributed by atoms with Crippen LogP contribution in [0.5, 0.6) is 0 Å². The van der Waals surface area contributed by atoms with Gasteiger partial charge in [-0.05, 0) is 29.7 Å². The van der Waals surface area contributed by atoms with Crippen LogP contribution < -0.4 is 5.32 Å². The van der Waals surface area contributed by atoms with E-state index in [1.165, 1.54) is 5.56 Å². The molecule has 1 heterocycles. The Hall–Kier alpha value is -2.41. The van der Waals surface area contributed by atoms with Gasteiger partial charge in [0, 0.05) is 11.9 Å². The van der Waals surface area contributed by atoms with E-state index in [-0.39, 0.29) is 0 Å². The van der Waals surface area contributed by atoms with Gasteiger partial charge in [-0.25, -0.2) is 9.97 Å². The Morgan fingerprint density at radius 1 is 1.28 bits per heavy atom. The highest BCUT2D eigenvalue weighted by Gasteiger charge is 2.02. The number of hydrogen-bond acceptors (Lipinski definition) is 4. The van der Waals surface area contributed by atoms with E-state index in [0.29, 0.717) is 17.6 Å². The zero-order valence-corrected chi connectivity index (χ0v) is 10.4. The summed E-state index contributed by atoms with van der Waals surface area (Å²) in [5.41, 5.74) is 2.53. The van der Waals surface area contributed by atoms with Crippen LogP contribution in [-0.4, -0.2) is 9.97 Å². The first-order valence-electron chi connectivity index (χ1n) is 5.79. The average molecular weight is 238 g/mol. The topological polar surface area (TPSA) is 61.6 Å². The molecule has 0 saturated carbocycles. The molecule has 1 aromatic heterocycles. The molecule has 0 amide bonds.